The number of rotatable bonds is 8. The van der Waals surface area contributed by atoms with Crippen LogP contribution in [0.4, 0.5) is 4.39 Å². The third-order valence-electron chi connectivity index (χ3n) is 3.58. The van der Waals surface area contributed by atoms with E-state index in [0.717, 1.165) is 0 Å². The van der Waals surface area contributed by atoms with Gasteiger partial charge in [-0.2, -0.15) is 0 Å². The maximum atomic E-state index is 13.6. The zero-order valence-electron chi connectivity index (χ0n) is 14.8. The van der Waals surface area contributed by atoms with Gasteiger partial charge >= 0.3 is 0 Å². The van der Waals surface area contributed by atoms with Gasteiger partial charge in [0.15, 0.2) is 5.96 Å². The molecule has 1 aromatic heterocycles. The number of carbonyl (C=O) groups excluding carboxylic acids is 1. The van der Waals surface area contributed by atoms with Crippen molar-refractivity contribution in [3.05, 3.63) is 65.7 Å². The van der Waals surface area contributed by atoms with E-state index in [4.69, 9.17) is 0 Å². The monoisotopic (exact) mass is 357 g/mol. The van der Waals surface area contributed by atoms with Crippen molar-refractivity contribution in [2.75, 3.05) is 26.2 Å². The Morgan fingerprint density at radius 3 is 2.65 bits per heavy atom. The van der Waals surface area contributed by atoms with E-state index >= 15 is 0 Å². The first-order valence-electron chi connectivity index (χ1n) is 8.64. The summed E-state index contributed by atoms with van der Waals surface area (Å²) >= 11 is 0. The fraction of sp³-hybridized carbons (Fsp3) is 0.316. The number of aromatic nitrogens is 1. The van der Waals surface area contributed by atoms with E-state index in [2.05, 4.69) is 25.9 Å². The summed E-state index contributed by atoms with van der Waals surface area (Å²) in [6.07, 6.45) is 3.68. The van der Waals surface area contributed by atoms with Gasteiger partial charge in [0, 0.05) is 38.6 Å². The summed E-state index contributed by atoms with van der Waals surface area (Å²) in [5.41, 5.74) is 1.17. The third-order valence-corrected chi connectivity index (χ3v) is 3.58. The van der Waals surface area contributed by atoms with Crippen LogP contribution in [0, 0.1) is 5.82 Å². The van der Waals surface area contributed by atoms with E-state index in [1.54, 1.807) is 30.5 Å². The predicted octanol–water partition coefficient (Wildman–Crippen LogP) is 1.75. The Bertz CT molecular complexity index is 721. The molecule has 138 valence electrons. The summed E-state index contributed by atoms with van der Waals surface area (Å²) in [4.78, 5) is 20.3. The van der Waals surface area contributed by atoms with Gasteiger partial charge in [0.25, 0.3) is 5.91 Å². The maximum absolute atomic E-state index is 13.6. The Hall–Kier alpha value is -2.96. The molecule has 6 nitrogen and oxygen atoms in total. The molecule has 0 aliphatic rings. The summed E-state index contributed by atoms with van der Waals surface area (Å²) in [7, 11) is 0. The molecular weight excluding hydrogens is 333 g/mol. The Morgan fingerprint density at radius 2 is 1.92 bits per heavy atom. The van der Waals surface area contributed by atoms with Gasteiger partial charge in [0.2, 0.25) is 0 Å². The van der Waals surface area contributed by atoms with E-state index in [1.165, 1.54) is 12.3 Å². The van der Waals surface area contributed by atoms with Crippen LogP contribution in [0.25, 0.3) is 0 Å². The summed E-state index contributed by atoms with van der Waals surface area (Å²) in [6, 6.07) is 10.1. The number of carbonyl (C=O) groups is 1. The second-order valence-corrected chi connectivity index (χ2v) is 5.53. The van der Waals surface area contributed by atoms with E-state index in [-0.39, 0.29) is 11.7 Å². The molecule has 0 radical (unpaired) electrons. The normalized spacial score (nSPS) is 11.1. The third kappa shape index (κ3) is 6.51. The van der Waals surface area contributed by atoms with Crippen LogP contribution in [0.2, 0.25) is 0 Å². The van der Waals surface area contributed by atoms with E-state index in [1.807, 2.05) is 13.0 Å². The fourth-order valence-corrected chi connectivity index (χ4v) is 2.29. The minimum absolute atomic E-state index is 0.165. The van der Waals surface area contributed by atoms with Crippen molar-refractivity contribution >= 4 is 11.9 Å². The molecule has 0 spiro atoms. The zero-order chi connectivity index (χ0) is 18.6. The minimum atomic E-state index is -0.209. The average molecular weight is 357 g/mol. The van der Waals surface area contributed by atoms with Crippen molar-refractivity contribution in [3.63, 3.8) is 0 Å². The molecule has 0 aliphatic carbocycles. The highest BCUT2D eigenvalue weighted by Crippen LogP contribution is 2.06. The Labute approximate surface area is 152 Å². The molecule has 0 saturated carbocycles. The largest absolute Gasteiger partial charge is 0.357 e. The molecule has 0 atom stereocenters. The van der Waals surface area contributed by atoms with Gasteiger partial charge in [0.1, 0.15) is 5.82 Å². The summed E-state index contributed by atoms with van der Waals surface area (Å²) < 4.78 is 13.6. The molecular formula is C19H24FN5O. The minimum Gasteiger partial charge on any atom is -0.357 e. The lowest BCUT2D eigenvalue weighted by Gasteiger charge is -2.12. The first-order chi connectivity index (χ1) is 12.7. The number of pyridine rings is 1. The summed E-state index contributed by atoms with van der Waals surface area (Å²) in [5, 5.41) is 9.08. The van der Waals surface area contributed by atoms with E-state index in [0.29, 0.717) is 49.7 Å². The highest BCUT2D eigenvalue weighted by Gasteiger charge is 2.04. The fourth-order valence-electron chi connectivity index (χ4n) is 2.29. The molecule has 0 aliphatic heterocycles. The molecule has 2 rings (SSSR count). The number of guanidine groups is 1. The smallest absolute Gasteiger partial charge is 0.252 e. The van der Waals surface area contributed by atoms with E-state index < -0.39 is 0 Å². The number of amides is 1. The quantitative estimate of drug-likeness (QED) is 0.382. The lowest BCUT2D eigenvalue weighted by Crippen LogP contribution is -2.41. The van der Waals surface area contributed by atoms with Crippen LogP contribution in [0.15, 0.2) is 53.8 Å². The van der Waals surface area contributed by atoms with Crippen LogP contribution in [0.3, 0.4) is 0 Å². The Kier molecular flexibility index (Phi) is 8.05. The van der Waals surface area contributed by atoms with Crippen molar-refractivity contribution in [3.8, 4) is 0 Å². The van der Waals surface area contributed by atoms with Gasteiger partial charge in [-0.3, -0.25) is 14.8 Å². The zero-order valence-corrected chi connectivity index (χ0v) is 14.8. The summed E-state index contributed by atoms with van der Waals surface area (Å²) in [5.74, 6) is 0.264. The lowest BCUT2D eigenvalue weighted by atomic mass is 10.1. The van der Waals surface area contributed by atoms with Gasteiger partial charge < -0.3 is 16.0 Å². The van der Waals surface area contributed by atoms with Crippen molar-refractivity contribution in [2.24, 2.45) is 4.99 Å². The number of hydrogen-bond donors (Lipinski definition) is 3. The van der Waals surface area contributed by atoms with Gasteiger partial charge in [-0.1, -0.05) is 18.2 Å². The number of nitrogens with zero attached hydrogens (tertiary/aromatic N) is 2. The van der Waals surface area contributed by atoms with Crippen LogP contribution in [0.5, 0.6) is 0 Å². The van der Waals surface area contributed by atoms with Crippen LogP contribution in [-0.2, 0) is 6.42 Å². The molecule has 7 heteroatoms. The number of benzene rings is 1. The predicted molar refractivity (Wildman–Crippen MR) is 101 cm³/mol. The Morgan fingerprint density at radius 1 is 1.12 bits per heavy atom. The molecule has 1 heterocycles. The standard InChI is InChI=1S/C19H24FN5O/c1-2-22-19(24-11-9-15-6-3-4-8-17(15)20)25-13-12-23-18(26)16-7-5-10-21-14-16/h3-8,10,14H,2,9,11-13H2,1H3,(H,23,26)(H2,22,24,25). The van der Waals surface area contributed by atoms with Crippen molar-refractivity contribution in [2.45, 2.75) is 13.3 Å². The van der Waals surface area contributed by atoms with Crippen LogP contribution < -0.4 is 16.0 Å². The molecule has 2 aromatic rings. The number of hydrogen-bond acceptors (Lipinski definition) is 3. The number of nitrogens with one attached hydrogen (secondary N) is 3. The van der Waals surface area contributed by atoms with Crippen LogP contribution in [0.1, 0.15) is 22.8 Å². The molecule has 0 bridgehead atoms. The topological polar surface area (TPSA) is 78.4 Å². The Balaban J connectivity index is 1.75. The van der Waals surface area contributed by atoms with Crippen molar-refractivity contribution in [1.82, 2.24) is 20.9 Å². The van der Waals surface area contributed by atoms with Crippen LogP contribution >= 0.6 is 0 Å². The molecule has 0 fully saturated rings. The second kappa shape index (κ2) is 10.8. The average Bonchev–Trinajstić information content (AvgIpc) is 2.67. The SMILES string of the molecule is CCNC(=NCCc1ccccc1F)NCCNC(=O)c1cccnc1. The molecule has 3 N–H and O–H groups in total. The van der Waals surface area contributed by atoms with Gasteiger partial charge in [-0.05, 0) is 37.1 Å². The first-order valence-corrected chi connectivity index (χ1v) is 8.64. The van der Waals surface area contributed by atoms with Crippen LogP contribution in [-0.4, -0.2) is 43.0 Å². The molecule has 1 aromatic carbocycles. The van der Waals surface area contributed by atoms with Gasteiger partial charge in [-0.15, -0.1) is 0 Å². The van der Waals surface area contributed by atoms with Crippen molar-refractivity contribution < 1.29 is 9.18 Å². The van der Waals surface area contributed by atoms with Gasteiger partial charge in [0.05, 0.1) is 5.56 Å². The maximum Gasteiger partial charge on any atom is 0.252 e. The lowest BCUT2D eigenvalue weighted by molar-refractivity contribution is 0.0954. The highest BCUT2D eigenvalue weighted by atomic mass is 19.1. The molecule has 0 saturated heterocycles. The van der Waals surface area contributed by atoms with E-state index in [9.17, 15) is 9.18 Å². The number of aliphatic imine (C=N–C) groups is 1. The molecule has 0 unspecified atom stereocenters. The van der Waals surface area contributed by atoms with Crippen molar-refractivity contribution in [1.29, 1.82) is 0 Å². The molecule has 1 amide bonds. The van der Waals surface area contributed by atoms with Gasteiger partial charge in [-0.25, -0.2) is 4.39 Å². The second-order valence-electron chi connectivity index (χ2n) is 5.53. The number of halogens is 1. The molecule has 26 heavy (non-hydrogen) atoms. The first kappa shape index (κ1) is 19.4. The summed E-state index contributed by atoms with van der Waals surface area (Å²) in [6.45, 7) is 4.13. The highest BCUT2D eigenvalue weighted by molar-refractivity contribution is 5.93.